The van der Waals surface area contributed by atoms with Crippen LogP contribution in [0.2, 0.25) is 5.02 Å². The highest BCUT2D eigenvalue weighted by atomic mass is 35.5. The second-order valence-corrected chi connectivity index (χ2v) is 11.1. The van der Waals surface area contributed by atoms with Crippen LogP contribution in [0.15, 0.2) is 78.9 Å². The van der Waals surface area contributed by atoms with Gasteiger partial charge in [-0.1, -0.05) is 97.6 Å². The van der Waals surface area contributed by atoms with Crippen molar-refractivity contribution in [3.05, 3.63) is 106 Å². The second kappa shape index (κ2) is 14.4. The van der Waals surface area contributed by atoms with Gasteiger partial charge in [0.15, 0.2) is 0 Å². The predicted octanol–water partition coefficient (Wildman–Crippen LogP) is 6.80. The second-order valence-electron chi connectivity index (χ2n) is 9.75. The van der Waals surface area contributed by atoms with Crippen LogP contribution in [-0.2, 0) is 28.3 Å². The van der Waals surface area contributed by atoms with Crippen molar-refractivity contribution in [1.82, 2.24) is 10.2 Å². The summed E-state index contributed by atoms with van der Waals surface area (Å²) in [4.78, 5) is 29.0. The van der Waals surface area contributed by atoms with E-state index in [1.54, 1.807) is 23.1 Å². The molecule has 3 aromatic carbocycles. The van der Waals surface area contributed by atoms with Gasteiger partial charge in [-0.05, 0) is 36.1 Å². The molecule has 4 nitrogen and oxygen atoms in total. The molecular weight excluding hydrogens is 519 g/mol. The van der Waals surface area contributed by atoms with Gasteiger partial charge in [-0.3, -0.25) is 9.59 Å². The molecule has 0 aliphatic heterocycles. The molecule has 1 atom stereocenters. The van der Waals surface area contributed by atoms with Crippen LogP contribution in [0.1, 0.15) is 48.8 Å². The number of benzene rings is 3. The Bertz CT molecular complexity index is 1200. The maximum Gasteiger partial charge on any atom is 0.243 e. The van der Waals surface area contributed by atoms with Gasteiger partial charge in [0.25, 0.3) is 0 Å². The Hall–Kier alpha value is -2.83. The molecule has 1 N–H and O–H groups in total. The van der Waals surface area contributed by atoms with Crippen molar-refractivity contribution in [3.8, 4) is 0 Å². The lowest BCUT2D eigenvalue weighted by Gasteiger charge is -2.33. The SMILES string of the molecule is O=C(NC1CCCCC1)[C@H](Cc1ccccc1)N(Cc1ccccc1F)C(=O)CSCc1ccccc1Cl. The van der Waals surface area contributed by atoms with Crippen LogP contribution >= 0.6 is 23.4 Å². The molecule has 200 valence electrons. The van der Waals surface area contributed by atoms with Gasteiger partial charge in [-0.25, -0.2) is 4.39 Å². The number of carbonyl (C=O) groups excluding carboxylic acids is 2. The van der Waals surface area contributed by atoms with Crippen molar-refractivity contribution in [2.24, 2.45) is 0 Å². The van der Waals surface area contributed by atoms with Crippen LogP contribution in [-0.4, -0.2) is 34.6 Å². The van der Waals surface area contributed by atoms with Crippen molar-refractivity contribution < 1.29 is 14.0 Å². The van der Waals surface area contributed by atoms with Gasteiger partial charge in [0.05, 0.1) is 5.75 Å². The van der Waals surface area contributed by atoms with Crippen molar-refractivity contribution in [3.63, 3.8) is 0 Å². The van der Waals surface area contributed by atoms with E-state index in [0.29, 0.717) is 22.8 Å². The highest BCUT2D eigenvalue weighted by molar-refractivity contribution is 7.99. The zero-order valence-electron chi connectivity index (χ0n) is 21.5. The molecular formula is C31H34ClFN2O2S. The zero-order chi connectivity index (χ0) is 26.7. The molecule has 7 heteroatoms. The van der Waals surface area contributed by atoms with E-state index in [9.17, 15) is 14.0 Å². The minimum absolute atomic E-state index is 0.0216. The van der Waals surface area contributed by atoms with Crippen molar-refractivity contribution in [2.45, 2.75) is 62.9 Å². The van der Waals surface area contributed by atoms with E-state index < -0.39 is 6.04 Å². The minimum atomic E-state index is -0.757. The zero-order valence-corrected chi connectivity index (χ0v) is 23.0. The molecule has 0 saturated heterocycles. The molecule has 38 heavy (non-hydrogen) atoms. The molecule has 1 aliphatic rings. The summed E-state index contributed by atoms with van der Waals surface area (Å²) in [7, 11) is 0. The lowest BCUT2D eigenvalue weighted by atomic mass is 9.94. The fraction of sp³-hybridized carbons (Fsp3) is 0.355. The third-order valence-corrected chi connectivity index (χ3v) is 8.30. The monoisotopic (exact) mass is 552 g/mol. The first-order valence-corrected chi connectivity index (χ1v) is 14.7. The predicted molar refractivity (Wildman–Crippen MR) is 154 cm³/mol. The number of nitrogens with one attached hydrogen (secondary N) is 1. The van der Waals surface area contributed by atoms with Crippen LogP contribution in [0.5, 0.6) is 0 Å². The molecule has 1 fully saturated rings. The molecule has 3 aromatic rings. The van der Waals surface area contributed by atoms with Crippen LogP contribution in [0, 0.1) is 5.82 Å². The molecule has 0 radical (unpaired) electrons. The van der Waals surface area contributed by atoms with Gasteiger partial charge in [0.1, 0.15) is 11.9 Å². The van der Waals surface area contributed by atoms with Crippen LogP contribution in [0.3, 0.4) is 0 Å². The van der Waals surface area contributed by atoms with Crippen LogP contribution in [0.25, 0.3) is 0 Å². The Balaban J connectivity index is 1.58. The summed E-state index contributed by atoms with van der Waals surface area (Å²) in [6.45, 7) is 0.0216. The average molecular weight is 553 g/mol. The summed E-state index contributed by atoms with van der Waals surface area (Å²) in [5.74, 6) is -0.0510. The molecule has 0 unspecified atom stereocenters. The standard InChI is InChI=1S/C31H34ClFN2O2S/c32-27-17-9-7-14-25(27)21-38-22-30(36)35(20-24-13-8-10-18-28(24)33)29(19-23-11-3-1-4-12-23)31(37)34-26-15-5-2-6-16-26/h1,3-4,7-14,17-18,26,29H,2,5-6,15-16,19-22H2,(H,34,37)/t29-/m0/s1. The van der Waals surface area contributed by atoms with Crippen LogP contribution < -0.4 is 5.32 Å². The minimum Gasteiger partial charge on any atom is -0.352 e. The van der Waals surface area contributed by atoms with Crippen molar-refractivity contribution >= 4 is 35.2 Å². The number of amides is 2. The van der Waals surface area contributed by atoms with Gasteiger partial charge in [0.2, 0.25) is 11.8 Å². The first-order chi connectivity index (χ1) is 18.5. The number of hydrogen-bond donors (Lipinski definition) is 1. The van der Waals surface area contributed by atoms with E-state index >= 15 is 0 Å². The van der Waals surface area contributed by atoms with E-state index in [-0.39, 0.29) is 36.0 Å². The highest BCUT2D eigenvalue weighted by Gasteiger charge is 2.32. The average Bonchev–Trinajstić information content (AvgIpc) is 2.93. The third kappa shape index (κ3) is 8.08. The number of rotatable bonds is 11. The van der Waals surface area contributed by atoms with Gasteiger partial charge < -0.3 is 10.2 Å². The molecule has 2 amide bonds. The number of nitrogens with zero attached hydrogens (tertiary/aromatic N) is 1. The molecule has 1 aliphatic carbocycles. The Morgan fingerprint density at radius 1 is 0.921 bits per heavy atom. The lowest BCUT2D eigenvalue weighted by molar-refractivity contribution is -0.139. The van der Waals surface area contributed by atoms with Gasteiger partial charge in [0, 0.05) is 35.3 Å². The Kier molecular flexibility index (Phi) is 10.6. The maximum absolute atomic E-state index is 14.7. The maximum atomic E-state index is 14.7. The molecule has 0 heterocycles. The smallest absolute Gasteiger partial charge is 0.243 e. The van der Waals surface area contributed by atoms with E-state index in [1.807, 2.05) is 54.6 Å². The van der Waals surface area contributed by atoms with E-state index in [2.05, 4.69) is 5.32 Å². The Morgan fingerprint density at radius 3 is 2.29 bits per heavy atom. The number of halogens is 2. The largest absolute Gasteiger partial charge is 0.352 e. The van der Waals surface area contributed by atoms with Crippen LogP contribution in [0.4, 0.5) is 4.39 Å². The number of thioether (sulfide) groups is 1. The molecule has 0 bridgehead atoms. The fourth-order valence-electron chi connectivity index (χ4n) is 4.86. The summed E-state index contributed by atoms with van der Waals surface area (Å²) in [6, 6.07) is 23.0. The Morgan fingerprint density at radius 2 is 1.58 bits per heavy atom. The molecule has 0 spiro atoms. The van der Waals surface area contributed by atoms with Gasteiger partial charge in [-0.2, -0.15) is 0 Å². The summed E-state index contributed by atoms with van der Waals surface area (Å²) < 4.78 is 14.7. The fourth-order valence-corrected chi connectivity index (χ4v) is 6.05. The van der Waals surface area contributed by atoms with Crippen molar-refractivity contribution in [2.75, 3.05) is 5.75 Å². The first kappa shape index (κ1) is 28.2. The van der Waals surface area contributed by atoms with E-state index in [0.717, 1.165) is 36.8 Å². The summed E-state index contributed by atoms with van der Waals surface area (Å²) in [5, 5.41) is 3.87. The van der Waals surface area contributed by atoms with Crippen molar-refractivity contribution in [1.29, 1.82) is 0 Å². The number of hydrogen-bond acceptors (Lipinski definition) is 3. The number of carbonyl (C=O) groups is 2. The molecule has 4 rings (SSSR count). The first-order valence-electron chi connectivity index (χ1n) is 13.2. The molecule has 0 aromatic heterocycles. The van der Waals surface area contributed by atoms with Gasteiger partial charge in [-0.15, -0.1) is 11.8 Å². The Labute approximate surface area is 234 Å². The summed E-state index contributed by atoms with van der Waals surface area (Å²) in [5.41, 5.74) is 2.29. The summed E-state index contributed by atoms with van der Waals surface area (Å²) >= 11 is 7.74. The highest BCUT2D eigenvalue weighted by Crippen LogP contribution is 2.24. The topological polar surface area (TPSA) is 49.4 Å². The van der Waals surface area contributed by atoms with E-state index in [4.69, 9.17) is 11.6 Å². The third-order valence-electron chi connectivity index (χ3n) is 6.96. The normalized spacial score (nSPS) is 14.6. The molecule has 1 saturated carbocycles. The quantitative estimate of drug-likeness (QED) is 0.284. The van der Waals surface area contributed by atoms with E-state index in [1.165, 1.54) is 24.2 Å². The lowest BCUT2D eigenvalue weighted by Crippen LogP contribution is -2.53. The summed E-state index contributed by atoms with van der Waals surface area (Å²) in [6.07, 6.45) is 5.60. The van der Waals surface area contributed by atoms with Gasteiger partial charge >= 0.3 is 0 Å².